The molecule has 2 aliphatic heterocycles. The second-order valence-corrected chi connectivity index (χ2v) is 10.7. The molecule has 0 saturated carbocycles. The lowest BCUT2D eigenvalue weighted by Crippen LogP contribution is -2.53. The summed E-state index contributed by atoms with van der Waals surface area (Å²) in [7, 11) is 0. The average Bonchev–Trinajstić information content (AvgIpc) is 3.35. The molecule has 4 aromatic rings. The molecule has 194 valence electrons. The number of pyridine rings is 1. The average molecular weight is 508 g/mol. The lowest BCUT2D eigenvalue weighted by atomic mass is 9.73. The monoisotopic (exact) mass is 507 g/mol. The summed E-state index contributed by atoms with van der Waals surface area (Å²) in [5.41, 5.74) is 4.56. The van der Waals surface area contributed by atoms with E-state index in [2.05, 4.69) is 60.2 Å². The lowest BCUT2D eigenvalue weighted by Gasteiger charge is -2.48. The van der Waals surface area contributed by atoms with Gasteiger partial charge in [-0.2, -0.15) is 5.10 Å². The molecule has 0 radical (unpaired) electrons. The molecule has 2 fully saturated rings. The number of hydrogen-bond acceptors (Lipinski definition) is 6. The van der Waals surface area contributed by atoms with Crippen molar-refractivity contribution in [1.82, 2.24) is 34.5 Å². The molecule has 2 saturated heterocycles. The molecule has 1 amide bonds. The zero-order valence-corrected chi connectivity index (χ0v) is 21.8. The minimum Gasteiger partial charge on any atom is -0.338 e. The minimum atomic E-state index is 0.0522. The summed E-state index contributed by atoms with van der Waals surface area (Å²) in [6.07, 6.45) is 11.5. The van der Waals surface area contributed by atoms with Crippen LogP contribution in [-0.4, -0.2) is 66.6 Å². The number of carbonyl (C=O) groups excluding carboxylic acids is 1. The second-order valence-electron chi connectivity index (χ2n) is 10.7. The molecule has 2 aliphatic rings. The number of hydrogen-bond donors (Lipinski definition) is 0. The SMILES string of the molecule is Cc1c(C(=O)N2CCCC3(CCCN(Cc4ccccc4)C3)C2)cnn1-c1nccc(-c2cccnc2)n1. The van der Waals surface area contributed by atoms with Crippen molar-refractivity contribution in [3.05, 3.63) is 90.1 Å². The fraction of sp³-hybridized carbons (Fsp3) is 0.367. The van der Waals surface area contributed by atoms with Gasteiger partial charge in [0.1, 0.15) is 0 Å². The van der Waals surface area contributed by atoms with Crippen LogP contribution in [0.3, 0.4) is 0 Å². The van der Waals surface area contributed by atoms with Crippen molar-refractivity contribution in [1.29, 1.82) is 0 Å². The fourth-order valence-corrected chi connectivity index (χ4v) is 6.12. The van der Waals surface area contributed by atoms with Gasteiger partial charge in [-0.25, -0.2) is 14.6 Å². The van der Waals surface area contributed by atoms with Gasteiger partial charge in [0.25, 0.3) is 11.9 Å². The molecule has 8 nitrogen and oxygen atoms in total. The lowest BCUT2D eigenvalue weighted by molar-refractivity contribution is 0.0113. The van der Waals surface area contributed by atoms with Gasteiger partial charge in [-0.3, -0.25) is 14.7 Å². The molecule has 3 aromatic heterocycles. The zero-order chi connectivity index (χ0) is 26.0. The third kappa shape index (κ3) is 4.96. The van der Waals surface area contributed by atoms with Crippen LogP contribution in [0, 0.1) is 12.3 Å². The molecular weight excluding hydrogens is 474 g/mol. The Bertz CT molecular complexity index is 1400. The number of nitrogens with zero attached hydrogens (tertiary/aromatic N) is 7. The molecule has 1 spiro atoms. The van der Waals surface area contributed by atoms with Crippen molar-refractivity contribution in [3.63, 3.8) is 0 Å². The first kappa shape index (κ1) is 24.4. The Morgan fingerprint density at radius 2 is 1.79 bits per heavy atom. The van der Waals surface area contributed by atoms with Gasteiger partial charge in [0.15, 0.2) is 0 Å². The summed E-state index contributed by atoms with van der Waals surface area (Å²) in [6, 6.07) is 16.4. The first-order valence-corrected chi connectivity index (χ1v) is 13.4. The van der Waals surface area contributed by atoms with Gasteiger partial charge in [-0.15, -0.1) is 0 Å². The highest BCUT2D eigenvalue weighted by atomic mass is 16.2. The van der Waals surface area contributed by atoms with Crippen molar-refractivity contribution in [3.8, 4) is 17.2 Å². The van der Waals surface area contributed by atoms with E-state index in [9.17, 15) is 4.79 Å². The van der Waals surface area contributed by atoms with Gasteiger partial charge in [-0.05, 0) is 62.9 Å². The molecule has 8 heteroatoms. The fourth-order valence-electron chi connectivity index (χ4n) is 6.12. The van der Waals surface area contributed by atoms with Crippen LogP contribution in [0.5, 0.6) is 0 Å². The van der Waals surface area contributed by atoms with Gasteiger partial charge >= 0.3 is 0 Å². The van der Waals surface area contributed by atoms with Crippen molar-refractivity contribution in [2.75, 3.05) is 26.2 Å². The highest BCUT2D eigenvalue weighted by Crippen LogP contribution is 2.39. The number of carbonyl (C=O) groups is 1. The van der Waals surface area contributed by atoms with E-state index in [1.54, 1.807) is 29.5 Å². The molecule has 6 rings (SSSR count). The third-order valence-electron chi connectivity index (χ3n) is 7.97. The normalized spacial score (nSPS) is 20.1. The van der Waals surface area contributed by atoms with Gasteiger partial charge in [0.2, 0.25) is 0 Å². The molecule has 0 aliphatic carbocycles. The number of aromatic nitrogens is 5. The predicted molar refractivity (Wildman–Crippen MR) is 146 cm³/mol. The maximum Gasteiger partial charge on any atom is 0.257 e. The van der Waals surface area contributed by atoms with Crippen LogP contribution < -0.4 is 0 Å². The van der Waals surface area contributed by atoms with E-state index < -0.39 is 0 Å². The summed E-state index contributed by atoms with van der Waals surface area (Å²) in [4.78, 5) is 31.7. The molecular formula is C30H33N7O. The van der Waals surface area contributed by atoms with E-state index in [-0.39, 0.29) is 11.3 Å². The number of benzene rings is 1. The van der Waals surface area contributed by atoms with Gasteiger partial charge in [0.05, 0.1) is 23.1 Å². The molecule has 1 unspecified atom stereocenters. The number of amides is 1. The van der Waals surface area contributed by atoms with E-state index in [1.807, 2.05) is 25.1 Å². The summed E-state index contributed by atoms with van der Waals surface area (Å²) in [5.74, 6) is 0.498. The quantitative estimate of drug-likeness (QED) is 0.394. The Morgan fingerprint density at radius 1 is 0.947 bits per heavy atom. The summed E-state index contributed by atoms with van der Waals surface area (Å²) in [6.45, 7) is 6.64. The summed E-state index contributed by atoms with van der Waals surface area (Å²) < 4.78 is 1.66. The largest absolute Gasteiger partial charge is 0.338 e. The number of likely N-dealkylation sites (tertiary alicyclic amines) is 2. The van der Waals surface area contributed by atoms with Crippen LogP contribution in [0.1, 0.15) is 47.3 Å². The van der Waals surface area contributed by atoms with Crippen LogP contribution in [0.4, 0.5) is 0 Å². The minimum absolute atomic E-state index is 0.0522. The maximum absolute atomic E-state index is 13.8. The van der Waals surface area contributed by atoms with Crippen LogP contribution in [0.15, 0.2) is 73.3 Å². The topological polar surface area (TPSA) is 80.0 Å². The summed E-state index contributed by atoms with van der Waals surface area (Å²) >= 11 is 0. The van der Waals surface area contributed by atoms with Crippen LogP contribution >= 0.6 is 0 Å². The van der Waals surface area contributed by atoms with E-state index >= 15 is 0 Å². The second kappa shape index (κ2) is 10.5. The number of rotatable bonds is 5. The summed E-state index contributed by atoms with van der Waals surface area (Å²) in [5, 5.41) is 4.52. The van der Waals surface area contributed by atoms with E-state index in [0.29, 0.717) is 11.5 Å². The van der Waals surface area contributed by atoms with Crippen molar-refractivity contribution in [2.45, 2.75) is 39.2 Å². The van der Waals surface area contributed by atoms with Gasteiger partial charge < -0.3 is 4.90 Å². The maximum atomic E-state index is 13.8. The standard InChI is InChI=1S/C30H33N7O/c1-23-26(19-33-37(23)29-32-15-11-27(34-29)25-10-5-14-31-18-25)28(38)36-17-7-13-30(22-36)12-6-16-35(21-30)20-24-8-3-2-4-9-24/h2-5,8-11,14-15,18-19H,6-7,12-13,16-17,20-22H2,1H3. The van der Waals surface area contributed by atoms with Crippen molar-refractivity contribution in [2.24, 2.45) is 5.41 Å². The highest BCUT2D eigenvalue weighted by Gasteiger charge is 2.41. The first-order valence-electron chi connectivity index (χ1n) is 13.4. The Hall–Kier alpha value is -3.91. The Kier molecular flexibility index (Phi) is 6.72. The van der Waals surface area contributed by atoms with Crippen molar-refractivity contribution >= 4 is 5.91 Å². The van der Waals surface area contributed by atoms with Crippen LogP contribution in [0.2, 0.25) is 0 Å². The predicted octanol–water partition coefficient (Wildman–Crippen LogP) is 4.55. The van der Waals surface area contributed by atoms with Crippen LogP contribution in [0.25, 0.3) is 17.2 Å². The van der Waals surface area contributed by atoms with Gasteiger partial charge in [0, 0.05) is 55.7 Å². The molecule has 38 heavy (non-hydrogen) atoms. The smallest absolute Gasteiger partial charge is 0.257 e. The van der Waals surface area contributed by atoms with Crippen molar-refractivity contribution < 1.29 is 4.79 Å². The number of piperidine rings is 2. The highest BCUT2D eigenvalue weighted by molar-refractivity contribution is 5.95. The Balaban J connectivity index is 1.19. The van der Waals surface area contributed by atoms with Gasteiger partial charge in [-0.1, -0.05) is 30.3 Å². The molecule has 0 N–H and O–H groups in total. The third-order valence-corrected chi connectivity index (χ3v) is 7.97. The van der Waals surface area contributed by atoms with E-state index in [0.717, 1.165) is 56.1 Å². The Labute approximate surface area is 223 Å². The molecule has 1 atom stereocenters. The molecule has 0 bridgehead atoms. The Morgan fingerprint density at radius 3 is 2.61 bits per heavy atom. The van der Waals surface area contributed by atoms with E-state index in [4.69, 9.17) is 0 Å². The van der Waals surface area contributed by atoms with Crippen LogP contribution in [-0.2, 0) is 6.54 Å². The first-order chi connectivity index (χ1) is 18.6. The van der Waals surface area contributed by atoms with E-state index in [1.165, 1.54) is 24.8 Å². The molecule has 5 heterocycles. The zero-order valence-electron chi connectivity index (χ0n) is 21.8. The molecule has 1 aromatic carbocycles.